The number of hydrogen-bond donors (Lipinski definition) is 0. The molecule has 0 aromatic rings. The second kappa shape index (κ2) is 23.1. The number of thioether (sulfide) groups is 1. The fourth-order valence-electron chi connectivity index (χ4n) is 3.69. The zero-order valence-electron chi connectivity index (χ0n) is 23.1. The minimum atomic E-state index is -4.22. The Labute approximate surface area is 219 Å². The monoisotopic (exact) mass is 586 g/mol. The topological polar surface area (TPSA) is 67.8 Å². The first-order valence-electron chi connectivity index (χ1n) is 13.7. The van der Waals surface area contributed by atoms with E-state index in [0.717, 1.165) is 16.7 Å². The zero-order valence-corrected chi connectivity index (χ0v) is 26.7. The molecule has 0 radical (unpaired) electrons. The molecular formula is C26H56AsO5PS. The average molecular weight is 587 g/mol. The molecule has 0 saturated heterocycles. The summed E-state index contributed by atoms with van der Waals surface area (Å²) in [7, 11) is -2.57. The Kier molecular flexibility index (Phi) is 23.8. The normalized spacial score (nSPS) is 14.9. The number of phosphoric ester groups is 1. The summed E-state index contributed by atoms with van der Waals surface area (Å²) < 4.78 is 27.4. The first-order chi connectivity index (χ1) is 16.2. The van der Waals surface area contributed by atoms with Gasteiger partial charge in [0.1, 0.15) is 0 Å². The van der Waals surface area contributed by atoms with Crippen molar-refractivity contribution in [2.45, 2.75) is 119 Å². The van der Waals surface area contributed by atoms with Crippen molar-refractivity contribution in [1.29, 1.82) is 0 Å². The van der Waals surface area contributed by atoms with Crippen LogP contribution < -0.4 is 4.89 Å². The number of hydrogen-bond acceptors (Lipinski definition) is 6. The van der Waals surface area contributed by atoms with Crippen molar-refractivity contribution in [1.82, 2.24) is 0 Å². The predicted octanol–water partition coefficient (Wildman–Crippen LogP) is 8.30. The molecule has 0 N–H and O–H groups in total. The molecule has 5 nitrogen and oxygen atoms in total. The Morgan fingerprint density at radius 2 is 1.29 bits per heavy atom. The summed E-state index contributed by atoms with van der Waals surface area (Å²) in [6.45, 7) is 3.15. The fraction of sp³-hybridized carbons (Fsp3) is 1.00. The molecule has 2 unspecified atom stereocenters. The van der Waals surface area contributed by atoms with Gasteiger partial charge in [-0.2, -0.15) is 0 Å². The Balaban J connectivity index is 3.65. The standard InChI is InChI=1S/C26H56AsO5PS/c1-6-7-8-9-10-11-12-13-14-15-16-17-18-19-22-34-25-26(23-30-5)24-32-33(28,29)31-21-20-27(2,3)4/h26H,6-25H2,1-5H3. The van der Waals surface area contributed by atoms with Gasteiger partial charge in [0.2, 0.25) is 0 Å². The van der Waals surface area contributed by atoms with Crippen LogP contribution in [0.15, 0.2) is 0 Å². The Bertz CT molecular complexity index is 490. The molecule has 0 bridgehead atoms. The molecule has 0 saturated carbocycles. The molecule has 0 aliphatic rings. The van der Waals surface area contributed by atoms with Gasteiger partial charge in [0, 0.05) is 0 Å². The Morgan fingerprint density at radius 3 is 1.76 bits per heavy atom. The van der Waals surface area contributed by atoms with Crippen molar-refractivity contribution >= 4 is 33.1 Å². The van der Waals surface area contributed by atoms with Crippen molar-refractivity contribution < 1.29 is 23.2 Å². The summed E-state index contributed by atoms with van der Waals surface area (Å²) >= 11 is 0.222. The number of methoxy groups -OCH3 is 1. The van der Waals surface area contributed by atoms with E-state index in [2.05, 4.69) is 24.1 Å². The summed E-state index contributed by atoms with van der Waals surface area (Å²) in [5.41, 5.74) is 6.67. The second-order valence-corrected chi connectivity index (χ2v) is 23.7. The third-order valence-electron chi connectivity index (χ3n) is 5.88. The number of ether oxygens (including phenoxy) is 1. The third kappa shape index (κ3) is 26.1. The maximum absolute atomic E-state index is 12.0. The minimum absolute atomic E-state index is 0.0618. The van der Waals surface area contributed by atoms with Crippen LogP contribution in [0, 0.1) is 5.92 Å². The summed E-state index contributed by atoms with van der Waals surface area (Å²) in [5, 5.41) is 0.838. The molecule has 0 spiro atoms. The van der Waals surface area contributed by atoms with E-state index in [9.17, 15) is 9.46 Å². The summed E-state index contributed by atoms with van der Waals surface area (Å²) in [6.07, 6.45) is 19.3. The van der Waals surface area contributed by atoms with Crippen LogP contribution in [0.5, 0.6) is 0 Å². The summed E-state index contributed by atoms with van der Waals surface area (Å²) in [4.78, 5) is 12.0. The summed E-state index contributed by atoms with van der Waals surface area (Å²) in [5.74, 6) is 2.02. The molecule has 0 aromatic carbocycles. The van der Waals surface area contributed by atoms with Gasteiger partial charge in [0.05, 0.1) is 0 Å². The van der Waals surface area contributed by atoms with Gasteiger partial charge in [0.15, 0.2) is 0 Å². The fourth-order valence-corrected chi connectivity index (χ4v) is 7.23. The molecule has 0 heterocycles. The molecule has 34 heavy (non-hydrogen) atoms. The van der Waals surface area contributed by atoms with E-state index in [0.29, 0.717) is 6.61 Å². The molecular weight excluding hydrogens is 530 g/mol. The zero-order chi connectivity index (χ0) is 25.5. The van der Waals surface area contributed by atoms with Crippen LogP contribution in [0.4, 0.5) is 0 Å². The van der Waals surface area contributed by atoms with Crippen molar-refractivity contribution in [2.75, 3.05) is 38.4 Å². The van der Waals surface area contributed by atoms with Crippen molar-refractivity contribution in [3.05, 3.63) is 0 Å². The molecule has 206 valence electrons. The van der Waals surface area contributed by atoms with Crippen LogP contribution >= 0.6 is 19.6 Å². The molecule has 8 heteroatoms. The molecule has 0 aliphatic heterocycles. The molecule has 0 aromatic heterocycles. The van der Waals surface area contributed by atoms with Crippen molar-refractivity contribution in [3.63, 3.8) is 0 Å². The van der Waals surface area contributed by atoms with E-state index in [1.54, 1.807) is 7.11 Å². The Morgan fingerprint density at radius 1 is 0.794 bits per heavy atom. The first kappa shape index (κ1) is 35.0. The van der Waals surface area contributed by atoms with Crippen LogP contribution in [0.2, 0.25) is 22.3 Å². The van der Waals surface area contributed by atoms with Crippen LogP contribution in [-0.2, 0) is 18.3 Å². The van der Waals surface area contributed by atoms with Crippen molar-refractivity contribution in [3.8, 4) is 0 Å². The summed E-state index contributed by atoms with van der Waals surface area (Å²) in [6, 6.07) is 0. The van der Waals surface area contributed by atoms with Gasteiger partial charge in [-0.3, -0.25) is 0 Å². The molecule has 0 rings (SSSR count). The number of phosphoric acid groups is 1. The van der Waals surface area contributed by atoms with Gasteiger partial charge in [-0.1, -0.05) is 84.0 Å². The van der Waals surface area contributed by atoms with Gasteiger partial charge in [0.25, 0.3) is 0 Å². The Hall–Kier alpha value is 0.978. The third-order valence-corrected chi connectivity index (χ3v) is 11.3. The average Bonchev–Trinajstić information content (AvgIpc) is 2.76. The maximum atomic E-state index is 12.0. The van der Waals surface area contributed by atoms with Crippen LogP contribution in [-0.4, -0.2) is 52.0 Å². The molecule has 0 aliphatic carbocycles. The molecule has 0 fully saturated rings. The first-order valence-corrected chi connectivity index (χ1v) is 23.2. The second-order valence-electron chi connectivity index (χ2n) is 10.6. The van der Waals surface area contributed by atoms with Crippen LogP contribution in [0.25, 0.3) is 0 Å². The van der Waals surface area contributed by atoms with E-state index >= 15 is 0 Å². The van der Waals surface area contributed by atoms with Gasteiger partial charge in [-0.05, 0) is 0 Å². The molecule has 2 atom stereocenters. The van der Waals surface area contributed by atoms with Gasteiger partial charge in [-0.15, -0.1) is 0 Å². The van der Waals surface area contributed by atoms with E-state index in [1.165, 1.54) is 89.9 Å². The SMILES string of the molecule is CCCCCCCCCCCCCCCCSCC(COC)COP(=O)([O-])OCC[As+](C)(C)C. The van der Waals surface area contributed by atoms with E-state index in [-0.39, 0.29) is 19.1 Å². The van der Waals surface area contributed by atoms with E-state index in [1.807, 2.05) is 11.8 Å². The quantitative estimate of drug-likeness (QED) is 0.0577. The molecule has 0 amide bonds. The number of unbranched alkanes of at least 4 members (excludes halogenated alkanes) is 13. The predicted molar refractivity (Wildman–Crippen MR) is 151 cm³/mol. The van der Waals surface area contributed by atoms with E-state index < -0.39 is 21.4 Å². The van der Waals surface area contributed by atoms with Gasteiger partial charge >= 0.3 is 136 Å². The van der Waals surface area contributed by atoms with Crippen molar-refractivity contribution in [2.24, 2.45) is 5.92 Å². The van der Waals surface area contributed by atoms with Crippen LogP contribution in [0.1, 0.15) is 96.8 Å². The van der Waals surface area contributed by atoms with Gasteiger partial charge in [-0.25, -0.2) is 0 Å². The van der Waals surface area contributed by atoms with Crippen LogP contribution in [0.3, 0.4) is 0 Å². The van der Waals surface area contributed by atoms with E-state index in [4.69, 9.17) is 13.8 Å². The van der Waals surface area contributed by atoms with Gasteiger partial charge < -0.3 is 0 Å². The number of rotatable bonds is 26.